The Kier molecular flexibility index (Phi) is 4.41. The van der Waals surface area contributed by atoms with E-state index in [1.54, 1.807) is 18.2 Å². The Morgan fingerprint density at radius 1 is 1.21 bits per heavy atom. The predicted molar refractivity (Wildman–Crippen MR) is 104 cm³/mol. The number of nitrogens with zero attached hydrogens (tertiary/aromatic N) is 2. The third-order valence-electron chi connectivity index (χ3n) is 5.10. The average molecular weight is 416 g/mol. The van der Waals surface area contributed by atoms with Gasteiger partial charge in [0.2, 0.25) is 10.0 Å². The molecule has 152 valence electrons. The van der Waals surface area contributed by atoms with Crippen molar-refractivity contribution in [2.24, 2.45) is 0 Å². The molecule has 29 heavy (non-hydrogen) atoms. The molecule has 3 aromatic rings. The van der Waals surface area contributed by atoms with Crippen LogP contribution in [-0.2, 0) is 14.8 Å². The van der Waals surface area contributed by atoms with Crippen molar-refractivity contribution in [3.8, 4) is 0 Å². The molecule has 1 saturated carbocycles. The Morgan fingerprint density at radius 2 is 2.00 bits per heavy atom. The molecule has 0 atom stereocenters. The first-order valence-corrected chi connectivity index (χ1v) is 10.9. The van der Waals surface area contributed by atoms with Gasteiger partial charge in [0.1, 0.15) is 16.1 Å². The van der Waals surface area contributed by atoms with Crippen LogP contribution in [0.1, 0.15) is 35.1 Å². The molecule has 2 fully saturated rings. The lowest BCUT2D eigenvalue weighted by atomic mass is 10.2. The van der Waals surface area contributed by atoms with Gasteiger partial charge in [0.05, 0.1) is 13.2 Å². The number of hydrogen-bond donors (Lipinski definition) is 2. The van der Waals surface area contributed by atoms with Crippen molar-refractivity contribution in [1.82, 2.24) is 14.3 Å². The van der Waals surface area contributed by atoms with Crippen LogP contribution >= 0.6 is 0 Å². The lowest BCUT2D eigenvalue weighted by Crippen LogP contribution is -2.40. The van der Waals surface area contributed by atoms with Crippen molar-refractivity contribution >= 4 is 32.7 Å². The molecule has 0 unspecified atom stereocenters. The standard InChI is InChI=1S/C19H20N4O5S/c24-18(16-10-14(11-20-16)29(25,26)23-5-7-27-8-6-23)21-13-3-4-17-15(9-13)22-19(28-17)12-1-2-12/h3-4,9-12,20H,1-2,5-8H2,(H,21,24). The van der Waals surface area contributed by atoms with Crippen LogP contribution in [0, 0.1) is 0 Å². The van der Waals surface area contributed by atoms with Crippen LogP contribution in [0.5, 0.6) is 0 Å². The molecule has 1 amide bonds. The molecule has 1 saturated heterocycles. The summed E-state index contributed by atoms with van der Waals surface area (Å²) in [6.07, 6.45) is 3.53. The molecule has 2 N–H and O–H groups in total. The zero-order chi connectivity index (χ0) is 20.0. The van der Waals surface area contributed by atoms with Gasteiger partial charge in [0.25, 0.3) is 5.91 Å². The van der Waals surface area contributed by atoms with E-state index in [1.165, 1.54) is 16.6 Å². The Balaban J connectivity index is 1.33. The molecule has 5 rings (SSSR count). The van der Waals surface area contributed by atoms with Crippen LogP contribution in [0.25, 0.3) is 11.1 Å². The molecule has 0 radical (unpaired) electrons. The number of ether oxygens (including phenoxy) is 1. The highest BCUT2D eigenvalue weighted by molar-refractivity contribution is 7.89. The van der Waals surface area contributed by atoms with Crippen LogP contribution in [0.4, 0.5) is 5.69 Å². The number of carbonyl (C=O) groups excluding carboxylic acids is 1. The van der Waals surface area contributed by atoms with E-state index >= 15 is 0 Å². The zero-order valence-corrected chi connectivity index (χ0v) is 16.4. The monoisotopic (exact) mass is 416 g/mol. The molecule has 3 heterocycles. The Hall–Kier alpha value is -2.69. The highest BCUT2D eigenvalue weighted by Gasteiger charge is 2.29. The third kappa shape index (κ3) is 3.54. The number of aromatic nitrogens is 2. The Labute approximate surface area is 167 Å². The van der Waals surface area contributed by atoms with Crippen molar-refractivity contribution < 1.29 is 22.4 Å². The molecule has 2 aliphatic rings. The normalized spacial score (nSPS) is 18.2. The van der Waals surface area contributed by atoms with E-state index in [9.17, 15) is 13.2 Å². The highest BCUT2D eigenvalue weighted by atomic mass is 32.2. The van der Waals surface area contributed by atoms with Gasteiger partial charge >= 0.3 is 0 Å². The first-order chi connectivity index (χ1) is 14.0. The number of nitrogens with one attached hydrogen (secondary N) is 2. The number of anilines is 1. The molecule has 1 aromatic carbocycles. The van der Waals surface area contributed by atoms with E-state index in [-0.39, 0.29) is 10.6 Å². The minimum Gasteiger partial charge on any atom is -0.440 e. The van der Waals surface area contributed by atoms with Crippen LogP contribution < -0.4 is 5.32 Å². The summed E-state index contributed by atoms with van der Waals surface area (Å²) < 4.78 is 37.7. The molecule has 9 nitrogen and oxygen atoms in total. The summed E-state index contributed by atoms with van der Waals surface area (Å²) >= 11 is 0. The second-order valence-electron chi connectivity index (χ2n) is 7.23. The first-order valence-electron chi connectivity index (χ1n) is 9.49. The van der Waals surface area contributed by atoms with Gasteiger partial charge in [-0.05, 0) is 37.1 Å². The van der Waals surface area contributed by atoms with Crippen molar-refractivity contribution in [3.63, 3.8) is 0 Å². The average Bonchev–Trinajstić information content (AvgIpc) is 3.28. The van der Waals surface area contributed by atoms with Gasteiger partial charge in [0.15, 0.2) is 11.5 Å². The number of amides is 1. The summed E-state index contributed by atoms with van der Waals surface area (Å²) in [6.45, 7) is 1.33. The fourth-order valence-corrected chi connectivity index (χ4v) is 4.72. The maximum atomic E-state index is 12.7. The number of carbonyl (C=O) groups is 1. The molecule has 0 spiro atoms. The van der Waals surface area contributed by atoms with Crippen LogP contribution in [0.15, 0.2) is 39.8 Å². The molecule has 0 bridgehead atoms. The largest absolute Gasteiger partial charge is 0.440 e. The number of rotatable bonds is 5. The summed E-state index contributed by atoms with van der Waals surface area (Å²) in [7, 11) is -3.66. The molecule has 1 aliphatic carbocycles. The van der Waals surface area contributed by atoms with Gasteiger partial charge < -0.3 is 19.5 Å². The maximum absolute atomic E-state index is 12.7. The summed E-state index contributed by atoms with van der Waals surface area (Å²) in [6, 6.07) is 6.60. The number of benzene rings is 1. The summed E-state index contributed by atoms with van der Waals surface area (Å²) in [4.78, 5) is 19.9. The summed E-state index contributed by atoms with van der Waals surface area (Å²) in [5.41, 5.74) is 2.09. The predicted octanol–water partition coefficient (Wildman–Crippen LogP) is 2.31. The van der Waals surface area contributed by atoms with Gasteiger partial charge in [0, 0.05) is 30.9 Å². The van der Waals surface area contributed by atoms with Gasteiger partial charge in [-0.25, -0.2) is 13.4 Å². The fourth-order valence-electron chi connectivity index (χ4n) is 3.32. The van der Waals surface area contributed by atoms with Gasteiger partial charge in [-0.15, -0.1) is 0 Å². The second-order valence-corrected chi connectivity index (χ2v) is 9.17. The number of morpholine rings is 1. The molecule has 10 heteroatoms. The second kappa shape index (κ2) is 6.97. The van der Waals surface area contributed by atoms with Gasteiger partial charge in [-0.3, -0.25) is 4.79 Å². The van der Waals surface area contributed by atoms with Crippen LogP contribution in [0.3, 0.4) is 0 Å². The lowest BCUT2D eigenvalue weighted by molar-refractivity contribution is 0.0730. The van der Waals surface area contributed by atoms with Gasteiger partial charge in [-0.1, -0.05) is 0 Å². The molecule has 1 aliphatic heterocycles. The number of oxazole rings is 1. The summed E-state index contributed by atoms with van der Waals surface area (Å²) in [5.74, 6) is 0.718. The Bertz CT molecular complexity index is 1170. The topological polar surface area (TPSA) is 118 Å². The number of fused-ring (bicyclic) bond motifs is 1. The molecular weight excluding hydrogens is 396 g/mol. The lowest BCUT2D eigenvalue weighted by Gasteiger charge is -2.25. The van der Waals surface area contributed by atoms with Crippen molar-refractivity contribution in [1.29, 1.82) is 0 Å². The Morgan fingerprint density at radius 3 is 2.76 bits per heavy atom. The van der Waals surface area contributed by atoms with E-state index in [0.717, 1.165) is 18.7 Å². The fraction of sp³-hybridized carbons (Fsp3) is 0.368. The number of hydrogen-bond acceptors (Lipinski definition) is 6. The van der Waals surface area contributed by atoms with E-state index in [0.29, 0.717) is 49.0 Å². The number of aromatic amines is 1. The molecular formula is C19H20N4O5S. The maximum Gasteiger partial charge on any atom is 0.272 e. The smallest absolute Gasteiger partial charge is 0.272 e. The quantitative estimate of drug-likeness (QED) is 0.659. The van der Waals surface area contributed by atoms with E-state index in [2.05, 4.69) is 15.3 Å². The van der Waals surface area contributed by atoms with Crippen molar-refractivity contribution in [2.45, 2.75) is 23.7 Å². The zero-order valence-electron chi connectivity index (χ0n) is 15.6. The van der Waals surface area contributed by atoms with Crippen molar-refractivity contribution in [3.05, 3.63) is 42.0 Å². The highest BCUT2D eigenvalue weighted by Crippen LogP contribution is 2.40. The van der Waals surface area contributed by atoms with E-state index in [4.69, 9.17) is 9.15 Å². The third-order valence-corrected chi connectivity index (χ3v) is 6.97. The van der Waals surface area contributed by atoms with Crippen LogP contribution in [0.2, 0.25) is 0 Å². The summed E-state index contributed by atoms with van der Waals surface area (Å²) in [5, 5.41) is 2.77. The molecule has 2 aromatic heterocycles. The minimum absolute atomic E-state index is 0.0607. The van der Waals surface area contributed by atoms with Crippen molar-refractivity contribution in [2.75, 3.05) is 31.6 Å². The SMILES string of the molecule is O=C(Nc1ccc2oc(C3CC3)nc2c1)c1cc(S(=O)(=O)N2CCOCC2)c[nH]1. The minimum atomic E-state index is -3.66. The number of sulfonamides is 1. The van der Waals surface area contributed by atoms with Gasteiger partial charge in [-0.2, -0.15) is 4.31 Å². The van der Waals surface area contributed by atoms with Crippen LogP contribution in [-0.4, -0.2) is 54.9 Å². The van der Waals surface area contributed by atoms with E-state index in [1.807, 2.05) is 0 Å². The first kappa shape index (κ1) is 18.3. The number of H-pyrrole nitrogens is 1. The van der Waals surface area contributed by atoms with E-state index < -0.39 is 15.9 Å².